The summed E-state index contributed by atoms with van der Waals surface area (Å²) < 4.78 is 25.3. The fourth-order valence-corrected chi connectivity index (χ4v) is 3.35. The van der Waals surface area contributed by atoms with Gasteiger partial charge in [0.15, 0.2) is 0 Å². The lowest BCUT2D eigenvalue weighted by atomic mass is 10.1. The van der Waals surface area contributed by atoms with Gasteiger partial charge in [0.1, 0.15) is 0 Å². The number of rotatable bonds is 8. The first kappa shape index (κ1) is 19.1. The van der Waals surface area contributed by atoms with Crippen LogP contribution in [0.2, 0.25) is 0 Å². The third-order valence-corrected chi connectivity index (χ3v) is 5.05. The van der Waals surface area contributed by atoms with Crippen LogP contribution in [-0.4, -0.2) is 38.0 Å². The van der Waals surface area contributed by atoms with Gasteiger partial charge in [0, 0.05) is 19.6 Å². The summed E-state index contributed by atoms with van der Waals surface area (Å²) >= 11 is 0. The van der Waals surface area contributed by atoms with Crippen molar-refractivity contribution in [2.75, 3.05) is 19.3 Å². The third kappa shape index (κ3) is 6.68. The Hall–Kier alpha value is -2.18. The number of sulfonamides is 1. The summed E-state index contributed by atoms with van der Waals surface area (Å²) in [6.45, 7) is 2.81. The minimum atomic E-state index is -3.34. The molecule has 5 nitrogen and oxygen atoms in total. The number of carbonyl (C=O) groups is 1. The van der Waals surface area contributed by atoms with Gasteiger partial charge in [-0.3, -0.25) is 4.79 Å². The molecule has 0 aliphatic carbocycles. The Morgan fingerprint density at radius 3 is 2.36 bits per heavy atom. The number of nitrogens with zero attached hydrogens (tertiary/aromatic N) is 1. The number of amides is 1. The van der Waals surface area contributed by atoms with Crippen molar-refractivity contribution in [3.63, 3.8) is 0 Å². The molecule has 0 spiro atoms. The predicted octanol–water partition coefficient (Wildman–Crippen LogP) is 2.12. The van der Waals surface area contributed by atoms with Crippen molar-refractivity contribution in [1.29, 1.82) is 0 Å². The Morgan fingerprint density at radius 1 is 1.04 bits per heavy atom. The Labute approximate surface area is 149 Å². The summed E-state index contributed by atoms with van der Waals surface area (Å²) in [5.41, 5.74) is 2.97. The number of hydrogen-bond acceptors (Lipinski definition) is 3. The molecule has 0 atom stereocenters. The van der Waals surface area contributed by atoms with Crippen molar-refractivity contribution in [3.8, 4) is 0 Å². The van der Waals surface area contributed by atoms with E-state index in [0.717, 1.165) is 16.7 Å². The van der Waals surface area contributed by atoms with Crippen LogP contribution in [0.4, 0.5) is 0 Å². The van der Waals surface area contributed by atoms with Crippen molar-refractivity contribution in [3.05, 3.63) is 71.3 Å². The molecule has 0 heterocycles. The average Bonchev–Trinajstić information content (AvgIpc) is 2.54. The van der Waals surface area contributed by atoms with Gasteiger partial charge < -0.3 is 5.32 Å². The van der Waals surface area contributed by atoms with Gasteiger partial charge in [-0.2, -0.15) is 4.31 Å². The van der Waals surface area contributed by atoms with Crippen molar-refractivity contribution in [2.24, 2.45) is 0 Å². The monoisotopic (exact) mass is 360 g/mol. The number of nitrogens with one attached hydrogen (secondary N) is 1. The Bertz CT molecular complexity index is 804. The summed E-state index contributed by atoms with van der Waals surface area (Å²) in [7, 11) is -3.34. The number of benzene rings is 2. The second kappa shape index (κ2) is 8.78. The van der Waals surface area contributed by atoms with Gasteiger partial charge in [0.05, 0.1) is 12.7 Å². The standard InChI is InChI=1S/C19H24N2O3S/c1-16-7-6-10-18(13-16)14-19(22)20-11-12-21(25(2,23)24)15-17-8-4-3-5-9-17/h3-10,13H,11-12,14-15H2,1-2H3,(H,20,22). The molecule has 1 N–H and O–H groups in total. The summed E-state index contributed by atoms with van der Waals surface area (Å²) in [6, 6.07) is 17.2. The molecule has 0 aliphatic heterocycles. The highest BCUT2D eigenvalue weighted by Gasteiger charge is 2.17. The second-order valence-electron chi connectivity index (χ2n) is 6.10. The van der Waals surface area contributed by atoms with Gasteiger partial charge in [-0.15, -0.1) is 0 Å². The van der Waals surface area contributed by atoms with Crippen molar-refractivity contribution in [1.82, 2.24) is 9.62 Å². The zero-order valence-corrected chi connectivity index (χ0v) is 15.4. The molecule has 1 amide bonds. The van der Waals surface area contributed by atoms with Crippen LogP contribution in [0.15, 0.2) is 54.6 Å². The molecule has 134 valence electrons. The maximum absolute atomic E-state index is 12.0. The van der Waals surface area contributed by atoms with E-state index in [2.05, 4.69) is 5.32 Å². The molecule has 0 bridgehead atoms. The first-order valence-corrected chi connectivity index (χ1v) is 10.0. The molecular formula is C19H24N2O3S. The fraction of sp³-hybridized carbons (Fsp3) is 0.316. The van der Waals surface area contributed by atoms with E-state index in [9.17, 15) is 13.2 Å². The highest BCUT2D eigenvalue weighted by Crippen LogP contribution is 2.08. The molecule has 25 heavy (non-hydrogen) atoms. The first-order chi connectivity index (χ1) is 11.8. The molecule has 2 rings (SSSR count). The molecule has 2 aromatic rings. The highest BCUT2D eigenvalue weighted by atomic mass is 32.2. The van der Waals surface area contributed by atoms with Gasteiger partial charge in [0.25, 0.3) is 0 Å². The number of hydrogen-bond donors (Lipinski definition) is 1. The van der Waals surface area contributed by atoms with Crippen molar-refractivity contribution >= 4 is 15.9 Å². The van der Waals surface area contributed by atoms with Crippen LogP contribution < -0.4 is 5.32 Å². The fourth-order valence-electron chi connectivity index (χ4n) is 2.54. The third-order valence-electron chi connectivity index (χ3n) is 3.80. The van der Waals surface area contributed by atoms with Crippen molar-refractivity contribution < 1.29 is 13.2 Å². The number of aryl methyl sites for hydroxylation is 1. The molecule has 0 saturated heterocycles. The van der Waals surface area contributed by atoms with E-state index in [0.29, 0.717) is 13.0 Å². The summed E-state index contributed by atoms with van der Waals surface area (Å²) in [5.74, 6) is -0.112. The van der Waals surface area contributed by atoms with E-state index in [1.807, 2.05) is 61.5 Å². The smallest absolute Gasteiger partial charge is 0.224 e. The summed E-state index contributed by atoms with van der Waals surface area (Å²) in [6.07, 6.45) is 1.48. The molecular weight excluding hydrogens is 336 g/mol. The summed E-state index contributed by atoms with van der Waals surface area (Å²) in [5, 5.41) is 2.79. The van der Waals surface area contributed by atoms with E-state index in [1.54, 1.807) is 0 Å². The molecule has 2 aromatic carbocycles. The molecule has 0 aromatic heterocycles. The highest BCUT2D eigenvalue weighted by molar-refractivity contribution is 7.88. The molecule has 0 aliphatic rings. The largest absolute Gasteiger partial charge is 0.354 e. The van der Waals surface area contributed by atoms with E-state index in [-0.39, 0.29) is 19.0 Å². The Kier molecular flexibility index (Phi) is 6.73. The van der Waals surface area contributed by atoms with Crippen LogP contribution in [0.1, 0.15) is 16.7 Å². The second-order valence-corrected chi connectivity index (χ2v) is 8.08. The topological polar surface area (TPSA) is 66.5 Å². The van der Waals surface area contributed by atoms with Crippen molar-refractivity contribution in [2.45, 2.75) is 19.9 Å². The minimum Gasteiger partial charge on any atom is -0.354 e. The van der Waals surface area contributed by atoms with E-state index in [1.165, 1.54) is 10.6 Å². The number of carbonyl (C=O) groups excluding carboxylic acids is 1. The maximum Gasteiger partial charge on any atom is 0.224 e. The Morgan fingerprint density at radius 2 is 1.72 bits per heavy atom. The van der Waals surface area contributed by atoms with Crippen LogP contribution in [0.25, 0.3) is 0 Å². The Balaban J connectivity index is 1.87. The summed E-state index contributed by atoms with van der Waals surface area (Å²) in [4.78, 5) is 12.0. The molecule has 0 saturated carbocycles. The molecule has 6 heteroatoms. The van der Waals surface area contributed by atoms with Gasteiger partial charge in [-0.1, -0.05) is 60.2 Å². The van der Waals surface area contributed by atoms with E-state index >= 15 is 0 Å². The van der Waals surface area contributed by atoms with E-state index < -0.39 is 10.0 Å². The first-order valence-electron chi connectivity index (χ1n) is 8.16. The average molecular weight is 360 g/mol. The quantitative estimate of drug-likeness (QED) is 0.784. The lowest BCUT2D eigenvalue weighted by Crippen LogP contribution is -2.38. The van der Waals surface area contributed by atoms with Crippen LogP contribution in [0.3, 0.4) is 0 Å². The lowest BCUT2D eigenvalue weighted by Gasteiger charge is -2.20. The van der Waals surface area contributed by atoms with Gasteiger partial charge in [-0.05, 0) is 18.1 Å². The van der Waals surface area contributed by atoms with Gasteiger partial charge >= 0.3 is 0 Å². The zero-order chi connectivity index (χ0) is 18.3. The van der Waals surface area contributed by atoms with Crippen LogP contribution in [0, 0.1) is 6.92 Å². The molecule has 0 fully saturated rings. The lowest BCUT2D eigenvalue weighted by molar-refractivity contribution is -0.120. The van der Waals surface area contributed by atoms with Crippen LogP contribution in [0.5, 0.6) is 0 Å². The predicted molar refractivity (Wildman–Crippen MR) is 99.6 cm³/mol. The van der Waals surface area contributed by atoms with E-state index in [4.69, 9.17) is 0 Å². The van der Waals surface area contributed by atoms with Gasteiger partial charge in [-0.25, -0.2) is 8.42 Å². The van der Waals surface area contributed by atoms with Gasteiger partial charge in [0.2, 0.25) is 15.9 Å². The zero-order valence-electron chi connectivity index (χ0n) is 14.6. The molecule has 0 radical (unpaired) electrons. The maximum atomic E-state index is 12.0. The molecule has 0 unspecified atom stereocenters. The normalized spacial score (nSPS) is 11.5. The minimum absolute atomic E-state index is 0.112. The van der Waals surface area contributed by atoms with Crippen LogP contribution in [-0.2, 0) is 27.8 Å². The van der Waals surface area contributed by atoms with Crippen LogP contribution >= 0.6 is 0 Å². The SMILES string of the molecule is Cc1cccc(CC(=O)NCCN(Cc2ccccc2)S(C)(=O)=O)c1.